The van der Waals surface area contributed by atoms with Crippen LogP contribution in [-0.4, -0.2) is 46.0 Å². The third-order valence-corrected chi connectivity index (χ3v) is 5.36. The number of rotatable bonds is 3. The van der Waals surface area contributed by atoms with E-state index >= 15 is 0 Å². The Morgan fingerprint density at radius 1 is 1.23 bits per heavy atom. The molecule has 2 aliphatic rings. The van der Waals surface area contributed by atoms with Gasteiger partial charge in [-0.2, -0.15) is 0 Å². The molecular weight excluding hydrogens is 332 g/mol. The van der Waals surface area contributed by atoms with Gasteiger partial charge in [-0.1, -0.05) is 24.3 Å². The first-order valence-corrected chi connectivity index (χ1v) is 9.13. The van der Waals surface area contributed by atoms with Crippen molar-refractivity contribution in [3.05, 3.63) is 41.2 Å². The maximum Gasteiger partial charge on any atom is 0.276 e. The lowest BCUT2D eigenvalue weighted by Gasteiger charge is -2.30. The molecule has 1 saturated heterocycles. The topological polar surface area (TPSA) is 69.5 Å². The third-order valence-electron chi connectivity index (χ3n) is 5.36. The van der Waals surface area contributed by atoms with Gasteiger partial charge in [0.15, 0.2) is 5.69 Å². The van der Waals surface area contributed by atoms with Crippen LogP contribution in [0, 0.1) is 5.92 Å². The average Bonchev–Trinajstić information content (AvgIpc) is 3.11. The van der Waals surface area contributed by atoms with Crippen LogP contribution in [0.25, 0.3) is 0 Å². The second kappa shape index (κ2) is 7.07. The van der Waals surface area contributed by atoms with Crippen molar-refractivity contribution in [3.8, 4) is 5.75 Å². The van der Waals surface area contributed by atoms with Gasteiger partial charge in [-0.25, -0.2) is 4.68 Å². The highest BCUT2D eigenvalue weighted by Crippen LogP contribution is 2.29. The Labute approximate surface area is 152 Å². The summed E-state index contributed by atoms with van der Waals surface area (Å²) in [4.78, 5) is 14.7. The van der Waals surface area contributed by atoms with Crippen molar-refractivity contribution in [2.75, 3.05) is 20.2 Å². The van der Waals surface area contributed by atoms with Gasteiger partial charge in [-0.15, -0.1) is 5.10 Å². The fourth-order valence-corrected chi connectivity index (χ4v) is 3.56. The molecule has 1 aromatic carbocycles. The van der Waals surface area contributed by atoms with E-state index in [0.717, 1.165) is 42.9 Å². The van der Waals surface area contributed by atoms with Crippen LogP contribution in [0.15, 0.2) is 24.3 Å². The van der Waals surface area contributed by atoms with Crippen molar-refractivity contribution in [3.63, 3.8) is 0 Å². The zero-order valence-corrected chi connectivity index (χ0v) is 15.2. The first-order valence-electron chi connectivity index (χ1n) is 9.13. The van der Waals surface area contributed by atoms with Crippen molar-refractivity contribution < 1.29 is 14.3 Å². The number of carbonyl (C=O) groups excluding carboxylic acids is 1. The van der Waals surface area contributed by atoms with Gasteiger partial charge < -0.3 is 14.4 Å². The summed E-state index contributed by atoms with van der Waals surface area (Å²) < 4.78 is 13.0. The van der Waals surface area contributed by atoms with E-state index in [1.165, 1.54) is 0 Å². The maximum absolute atomic E-state index is 12.8. The van der Waals surface area contributed by atoms with E-state index in [9.17, 15) is 4.79 Å². The molecule has 4 rings (SSSR count). The number of amides is 1. The normalized spacial score (nSPS) is 20.7. The molecule has 0 unspecified atom stereocenters. The van der Waals surface area contributed by atoms with Crippen LogP contribution in [0.3, 0.4) is 0 Å². The number of nitrogens with zero attached hydrogens (tertiary/aromatic N) is 4. The molecule has 1 fully saturated rings. The summed E-state index contributed by atoms with van der Waals surface area (Å²) in [6, 6.07) is 7.82. The molecule has 26 heavy (non-hydrogen) atoms. The van der Waals surface area contributed by atoms with Crippen LogP contribution in [0.1, 0.15) is 47.6 Å². The van der Waals surface area contributed by atoms with Gasteiger partial charge in [0.1, 0.15) is 11.9 Å². The molecule has 7 nitrogen and oxygen atoms in total. The van der Waals surface area contributed by atoms with Gasteiger partial charge in [0.25, 0.3) is 5.91 Å². The molecular formula is C19H24N4O3. The maximum atomic E-state index is 12.8. The van der Waals surface area contributed by atoms with Crippen LogP contribution < -0.4 is 4.74 Å². The summed E-state index contributed by atoms with van der Waals surface area (Å²) >= 11 is 0. The van der Waals surface area contributed by atoms with E-state index in [1.54, 1.807) is 11.8 Å². The number of ether oxygens (including phenoxy) is 2. The van der Waals surface area contributed by atoms with Gasteiger partial charge in [0.2, 0.25) is 0 Å². The Morgan fingerprint density at radius 3 is 2.65 bits per heavy atom. The van der Waals surface area contributed by atoms with Gasteiger partial charge in [-0.05, 0) is 36.5 Å². The van der Waals surface area contributed by atoms with Gasteiger partial charge >= 0.3 is 0 Å². The number of methoxy groups -OCH3 is 1. The Bertz CT molecular complexity index is 779. The molecule has 3 heterocycles. The van der Waals surface area contributed by atoms with Crippen LogP contribution in [0.4, 0.5) is 0 Å². The molecule has 0 bridgehead atoms. The third kappa shape index (κ3) is 3.19. The molecule has 1 atom stereocenters. The van der Waals surface area contributed by atoms with Gasteiger partial charge in [0, 0.05) is 13.1 Å². The minimum Gasteiger partial charge on any atom is -0.497 e. The Hall–Kier alpha value is -2.41. The largest absolute Gasteiger partial charge is 0.497 e. The quantitative estimate of drug-likeness (QED) is 0.845. The summed E-state index contributed by atoms with van der Waals surface area (Å²) in [7, 11) is 1.65. The Morgan fingerprint density at radius 2 is 1.96 bits per heavy atom. The highest BCUT2D eigenvalue weighted by atomic mass is 16.5. The van der Waals surface area contributed by atoms with Crippen molar-refractivity contribution in [2.45, 2.75) is 39.0 Å². The smallest absolute Gasteiger partial charge is 0.276 e. The van der Waals surface area contributed by atoms with Crippen molar-refractivity contribution >= 4 is 5.91 Å². The van der Waals surface area contributed by atoms with Gasteiger partial charge in [-0.3, -0.25) is 4.79 Å². The second-order valence-electron chi connectivity index (χ2n) is 7.11. The van der Waals surface area contributed by atoms with Crippen LogP contribution >= 0.6 is 0 Å². The SMILES string of the molecule is COc1ccc([C@H]2Cn3nnc(C(=O)N4CCC(C)CC4)c3CO2)cc1. The minimum absolute atomic E-state index is 0.0235. The number of piperidine rings is 1. The highest BCUT2D eigenvalue weighted by Gasteiger charge is 2.31. The van der Waals surface area contributed by atoms with Crippen LogP contribution in [0.5, 0.6) is 5.75 Å². The first-order chi connectivity index (χ1) is 12.7. The van der Waals surface area contributed by atoms with E-state index in [1.807, 2.05) is 29.2 Å². The van der Waals surface area contributed by atoms with E-state index < -0.39 is 0 Å². The van der Waals surface area contributed by atoms with E-state index in [4.69, 9.17) is 9.47 Å². The summed E-state index contributed by atoms with van der Waals surface area (Å²) in [5.74, 6) is 1.47. The molecule has 0 aliphatic carbocycles. The molecule has 0 N–H and O–H groups in total. The average molecular weight is 356 g/mol. The van der Waals surface area contributed by atoms with E-state index in [0.29, 0.717) is 24.8 Å². The standard InChI is InChI=1S/C19H24N4O3/c1-13-7-9-22(10-8-13)19(24)18-16-12-26-17(11-23(16)21-20-18)14-3-5-15(25-2)6-4-14/h3-6,13,17H,7-12H2,1-2H3/t17-/m1/s1. The Kier molecular flexibility index (Phi) is 4.63. The lowest BCUT2D eigenvalue weighted by Crippen LogP contribution is -2.38. The molecule has 1 amide bonds. The second-order valence-corrected chi connectivity index (χ2v) is 7.11. The van der Waals surface area contributed by atoms with E-state index in [-0.39, 0.29) is 12.0 Å². The molecule has 0 saturated carbocycles. The predicted octanol–water partition coefficient (Wildman–Crippen LogP) is 2.43. The summed E-state index contributed by atoms with van der Waals surface area (Å²) in [6.07, 6.45) is 1.99. The first kappa shape index (κ1) is 17.0. The van der Waals surface area contributed by atoms with Crippen LogP contribution in [0.2, 0.25) is 0 Å². The highest BCUT2D eigenvalue weighted by molar-refractivity contribution is 5.93. The number of aromatic nitrogens is 3. The zero-order valence-electron chi connectivity index (χ0n) is 15.2. The molecule has 2 aliphatic heterocycles. The van der Waals surface area contributed by atoms with E-state index in [2.05, 4.69) is 17.2 Å². The fraction of sp³-hybridized carbons (Fsp3) is 0.526. The lowest BCUT2D eigenvalue weighted by molar-refractivity contribution is -0.00202. The molecule has 138 valence electrons. The number of hydrogen-bond donors (Lipinski definition) is 0. The summed E-state index contributed by atoms with van der Waals surface area (Å²) in [6.45, 7) is 4.71. The van der Waals surface area contributed by atoms with Crippen molar-refractivity contribution in [2.24, 2.45) is 5.92 Å². The van der Waals surface area contributed by atoms with Crippen molar-refractivity contribution in [1.29, 1.82) is 0 Å². The molecule has 0 radical (unpaired) electrons. The molecule has 0 spiro atoms. The predicted molar refractivity (Wildman–Crippen MR) is 94.8 cm³/mol. The number of fused-ring (bicyclic) bond motifs is 1. The zero-order chi connectivity index (χ0) is 18.1. The number of likely N-dealkylation sites (tertiary alicyclic amines) is 1. The lowest BCUT2D eigenvalue weighted by atomic mass is 9.99. The molecule has 7 heteroatoms. The van der Waals surface area contributed by atoms with Gasteiger partial charge in [0.05, 0.1) is 26.0 Å². The molecule has 1 aromatic heterocycles. The van der Waals surface area contributed by atoms with Crippen LogP contribution in [-0.2, 0) is 17.9 Å². The van der Waals surface area contributed by atoms with Crippen molar-refractivity contribution in [1.82, 2.24) is 19.9 Å². The Balaban J connectivity index is 1.48. The number of carbonyl (C=O) groups is 1. The monoisotopic (exact) mass is 356 g/mol. The summed E-state index contributed by atoms with van der Waals surface area (Å²) in [5, 5.41) is 8.38. The fourth-order valence-electron chi connectivity index (χ4n) is 3.56. The molecule has 2 aromatic rings. The summed E-state index contributed by atoms with van der Waals surface area (Å²) in [5.41, 5.74) is 2.27. The number of benzene rings is 1. The number of hydrogen-bond acceptors (Lipinski definition) is 5. The minimum atomic E-state index is -0.103.